The zero-order valence-electron chi connectivity index (χ0n) is 8.42. The van der Waals surface area contributed by atoms with E-state index in [1.54, 1.807) is 6.08 Å². The molecule has 84 valence electrons. The summed E-state index contributed by atoms with van der Waals surface area (Å²) < 4.78 is 0. The van der Waals surface area contributed by atoms with Crippen LogP contribution in [-0.2, 0) is 14.4 Å². The normalized spacial score (nSPS) is 10.2. The molecule has 1 rings (SSSR count). The monoisotopic (exact) mass is 221 g/mol. The summed E-state index contributed by atoms with van der Waals surface area (Å²) in [5.41, 5.74) is 2.85. The van der Waals surface area contributed by atoms with Gasteiger partial charge in [0.1, 0.15) is 0 Å². The summed E-state index contributed by atoms with van der Waals surface area (Å²) in [5, 5.41) is 8.24. The number of carbonyl (C=O) groups is 2. The minimum absolute atomic E-state index is 0.509. The van der Waals surface area contributed by atoms with Crippen molar-refractivity contribution in [2.24, 2.45) is 0 Å². The van der Waals surface area contributed by atoms with Gasteiger partial charge in [-0.25, -0.2) is 10.3 Å². The highest BCUT2D eigenvalue weighted by Crippen LogP contribution is 2.00. The van der Waals surface area contributed by atoms with Crippen LogP contribution >= 0.6 is 0 Å². The van der Waals surface area contributed by atoms with Gasteiger partial charge < -0.3 is 5.11 Å². The molecule has 16 heavy (non-hydrogen) atoms. The second kappa shape index (κ2) is 6.36. The van der Waals surface area contributed by atoms with Crippen LogP contribution in [0.4, 0.5) is 0 Å². The number of hydrogen-bond acceptors (Lipinski definition) is 3. The zero-order valence-corrected chi connectivity index (χ0v) is 8.42. The smallest absolute Gasteiger partial charge is 0.332 e. The molecule has 0 heterocycles. The lowest BCUT2D eigenvalue weighted by Crippen LogP contribution is -2.24. The van der Waals surface area contributed by atoms with Crippen LogP contribution in [0.2, 0.25) is 0 Å². The van der Waals surface area contributed by atoms with Crippen molar-refractivity contribution >= 4 is 18.0 Å². The van der Waals surface area contributed by atoms with Gasteiger partial charge in [0.15, 0.2) is 6.61 Å². The Kier molecular flexibility index (Phi) is 4.75. The number of nitrogens with one attached hydrogen (secondary N) is 1. The number of amides is 1. The van der Waals surface area contributed by atoms with Gasteiger partial charge in [0.2, 0.25) is 0 Å². The fraction of sp³-hybridized carbons (Fsp3) is 0.0909. The average molecular weight is 221 g/mol. The first-order chi connectivity index (χ1) is 7.68. The maximum atomic E-state index is 11.1. The number of hydrogen-bond donors (Lipinski definition) is 2. The van der Waals surface area contributed by atoms with Crippen molar-refractivity contribution in [3.63, 3.8) is 0 Å². The van der Waals surface area contributed by atoms with E-state index in [4.69, 9.17) is 5.11 Å². The number of carboxylic acid groups (broad SMARTS) is 1. The van der Waals surface area contributed by atoms with E-state index >= 15 is 0 Å². The van der Waals surface area contributed by atoms with Gasteiger partial charge in [-0.15, -0.1) is 0 Å². The molecule has 5 nitrogen and oxygen atoms in total. The van der Waals surface area contributed by atoms with E-state index in [-0.39, 0.29) is 0 Å². The highest BCUT2D eigenvalue weighted by Gasteiger charge is 1.98. The third-order valence-corrected chi connectivity index (χ3v) is 1.60. The van der Waals surface area contributed by atoms with Crippen LogP contribution in [0.1, 0.15) is 5.56 Å². The van der Waals surface area contributed by atoms with Crippen LogP contribution in [0.3, 0.4) is 0 Å². The second-order valence-electron chi connectivity index (χ2n) is 2.89. The molecular weight excluding hydrogens is 210 g/mol. The van der Waals surface area contributed by atoms with Crippen molar-refractivity contribution in [3.05, 3.63) is 42.0 Å². The van der Waals surface area contributed by atoms with Gasteiger partial charge in [-0.05, 0) is 11.6 Å². The molecule has 0 saturated heterocycles. The molecule has 1 aromatic carbocycles. The topological polar surface area (TPSA) is 75.6 Å². The molecule has 0 unspecified atom stereocenters. The molecule has 5 heteroatoms. The summed E-state index contributed by atoms with van der Waals surface area (Å²) in [4.78, 5) is 25.5. The molecule has 0 bridgehead atoms. The SMILES string of the molecule is O=C(O)CONC(=O)C=Cc1ccccc1. The van der Waals surface area contributed by atoms with Gasteiger partial charge in [-0.1, -0.05) is 30.3 Å². The Bertz CT molecular complexity index is 386. The summed E-state index contributed by atoms with van der Waals surface area (Å²) in [6.45, 7) is -0.565. The molecule has 1 aromatic rings. The Balaban J connectivity index is 2.34. The summed E-state index contributed by atoms with van der Waals surface area (Å²) in [7, 11) is 0. The van der Waals surface area contributed by atoms with Gasteiger partial charge in [0, 0.05) is 6.08 Å². The van der Waals surface area contributed by atoms with Crippen molar-refractivity contribution in [2.75, 3.05) is 6.61 Å². The van der Waals surface area contributed by atoms with Crippen LogP contribution in [0.5, 0.6) is 0 Å². The van der Waals surface area contributed by atoms with E-state index in [9.17, 15) is 9.59 Å². The number of rotatable bonds is 5. The van der Waals surface area contributed by atoms with Crippen LogP contribution in [0.25, 0.3) is 6.08 Å². The number of hydroxylamine groups is 1. The molecule has 0 aliphatic carbocycles. The number of benzene rings is 1. The molecule has 0 aromatic heterocycles. The van der Waals surface area contributed by atoms with E-state index < -0.39 is 18.5 Å². The molecule has 0 spiro atoms. The number of aliphatic carboxylic acids is 1. The molecule has 0 fully saturated rings. The lowest BCUT2D eigenvalue weighted by atomic mass is 10.2. The van der Waals surface area contributed by atoms with E-state index in [0.29, 0.717) is 0 Å². The first-order valence-electron chi connectivity index (χ1n) is 4.55. The Morgan fingerprint density at radius 3 is 2.62 bits per heavy atom. The number of carboxylic acids is 1. The van der Waals surface area contributed by atoms with Crippen molar-refractivity contribution in [1.29, 1.82) is 0 Å². The van der Waals surface area contributed by atoms with Crippen molar-refractivity contribution in [3.8, 4) is 0 Å². The molecule has 1 amide bonds. The van der Waals surface area contributed by atoms with E-state index in [2.05, 4.69) is 4.84 Å². The summed E-state index contributed by atoms with van der Waals surface area (Å²) >= 11 is 0. The van der Waals surface area contributed by atoms with E-state index in [1.165, 1.54) is 6.08 Å². The average Bonchev–Trinajstić information content (AvgIpc) is 2.27. The summed E-state index contributed by atoms with van der Waals surface area (Å²) in [5.74, 6) is -1.66. The van der Waals surface area contributed by atoms with Gasteiger partial charge in [-0.2, -0.15) is 0 Å². The Labute approximate surface area is 92.3 Å². The summed E-state index contributed by atoms with van der Waals surface area (Å²) in [6, 6.07) is 9.23. The Morgan fingerprint density at radius 2 is 2.00 bits per heavy atom. The van der Waals surface area contributed by atoms with Gasteiger partial charge in [-0.3, -0.25) is 9.63 Å². The molecule has 0 atom stereocenters. The second-order valence-corrected chi connectivity index (χ2v) is 2.89. The zero-order chi connectivity index (χ0) is 11.8. The maximum absolute atomic E-state index is 11.1. The minimum Gasteiger partial charge on any atom is -0.479 e. The summed E-state index contributed by atoms with van der Waals surface area (Å²) in [6.07, 6.45) is 2.86. The van der Waals surface area contributed by atoms with Crippen molar-refractivity contribution < 1.29 is 19.5 Å². The molecule has 0 aliphatic rings. The Hall–Kier alpha value is -2.14. The molecular formula is C11H11NO4. The van der Waals surface area contributed by atoms with Gasteiger partial charge in [0.25, 0.3) is 5.91 Å². The van der Waals surface area contributed by atoms with Gasteiger partial charge in [0.05, 0.1) is 0 Å². The molecule has 2 N–H and O–H groups in total. The van der Waals surface area contributed by atoms with Crippen molar-refractivity contribution in [2.45, 2.75) is 0 Å². The number of carbonyl (C=O) groups excluding carboxylic acids is 1. The predicted molar refractivity (Wildman–Crippen MR) is 57.2 cm³/mol. The van der Waals surface area contributed by atoms with Crippen LogP contribution < -0.4 is 5.48 Å². The van der Waals surface area contributed by atoms with Crippen LogP contribution in [-0.4, -0.2) is 23.6 Å². The van der Waals surface area contributed by atoms with Crippen LogP contribution in [0.15, 0.2) is 36.4 Å². The van der Waals surface area contributed by atoms with Gasteiger partial charge >= 0.3 is 5.97 Å². The van der Waals surface area contributed by atoms with E-state index in [0.717, 1.165) is 5.56 Å². The molecule has 0 aliphatic heterocycles. The Morgan fingerprint density at radius 1 is 1.31 bits per heavy atom. The third-order valence-electron chi connectivity index (χ3n) is 1.60. The van der Waals surface area contributed by atoms with E-state index in [1.807, 2.05) is 35.8 Å². The standard InChI is InChI=1S/C11H11NO4/c13-10(12-16-8-11(14)15)7-6-9-4-2-1-3-5-9/h1-7H,8H2,(H,12,13)(H,14,15). The fourth-order valence-corrected chi connectivity index (χ4v) is 0.939. The lowest BCUT2D eigenvalue weighted by molar-refractivity contribution is -0.147. The van der Waals surface area contributed by atoms with Crippen molar-refractivity contribution in [1.82, 2.24) is 5.48 Å². The molecule has 0 saturated carbocycles. The highest BCUT2D eigenvalue weighted by molar-refractivity contribution is 5.91. The van der Waals surface area contributed by atoms with Crippen LogP contribution in [0, 0.1) is 0 Å². The first kappa shape index (κ1) is 11.9. The predicted octanol–water partition coefficient (Wildman–Crippen LogP) is 0.832. The highest BCUT2D eigenvalue weighted by atomic mass is 16.7. The minimum atomic E-state index is -1.15. The fourth-order valence-electron chi connectivity index (χ4n) is 0.939. The molecule has 0 radical (unpaired) electrons. The third kappa shape index (κ3) is 4.92. The lowest BCUT2D eigenvalue weighted by Gasteiger charge is -1.99. The largest absolute Gasteiger partial charge is 0.479 e. The quantitative estimate of drug-likeness (QED) is 0.570. The first-order valence-corrected chi connectivity index (χ1v) is 4.55. The maximum Gasteiger partial charge on any atom is 0.332 e.